The summed E-state index contributed by atoms with van der Waals surface area (Å²) in [5.41, 5.74) is 1.38. The number of aromatic nitrogens is 1. The maximum atomic E-state index is 12.0. The zero-order chi connectivity index (χ0) is 17.1. The number of ether oxygens (including phenoxy) is 1. The monoisotopic (exact) mass is 328 g/mol. The van der Waals surface area contributed by atoms with E-state index in [1.165, 1.54) is 0 Å². The summed E-state index contributed by atoms with van der Waals surface area (Å²) < 4.78 is 10.8. The molecule has 1 saturated carbocycles. The third-order valence-electron chi connectivity index (χ3n) is 3.89. The van der Waals surface area contributed by atoms with Crippen molar-refractivity contribution in [1.29, 1.82) is 0 Å². The predicted octanol–water partition coefficient (Wildman–Crippen LogP) is 2.44. The fraction of sp³-hybridized carbons (Fsp3) is 0.389. The summed E-state index contributed by atoms with van der Waals surface area (Å²) in [7, 11) is 1.60. The molecule has 1 aliphatic rings. The molecule has 0 spiro atoms. The minimum Gasteiger partial charge on any atom is -0.497 e. The van der Waals surface area contributed by atoms with Gasteiger partial charge in [-0.1, -0.05) is 0 Å². The number of carbonyl (C=O) groups excluding carboxylic acids is 2. The highest BCUT2D eigenvalue weighted by Gasteiger charge is 2.24. The number of nitrogens with zero attached hydrogens (tertiary/aromatic N) is 1. The largest absolute Gasteiger partial charge is 0.497 e. The van der Waals surface area contributed by atoms with Gasteiger partial charge >= 0.3 is 0 Å². The fourth-order valence-electron chi connectivity index (χ4n) is 2.38. The van der Waals surface area contributed by atoms with Crippen LogP contribution in [0.4, 0.5) is 0 Å². The van der Waals surface area contributed by atoms with Crippen molar-refractivity contribution in [2.75, 3.05) is 7.11 Å². The first-order valence-electron chi connectivity index (χ1n) is 7.97. The van der Waals surface area contributed by atoms with Crippen LogP contribution in [0.3, 0.4) is 0 Å². The van der Waals surface area contributed by atoms with Gasteiger partial charge in [-0.3, -0.25) is 9.59 Å². The van der Waals surface area contributed by atoms with Crippen molar-refractivity contribution in [2.24, 2.45) is 0 Å². The Morgan fingerprint density at radius 1 is 1.29 bits per heavy atom. The van der Waals surface area contributed by atoms with E-state index in [4.69, 9.17) is 9.15 Å². The molecule has 3 rings (SSSR count). The first kappa shape index (κ1) is 16.2. The summed E-state index contributed by atoms with van der Waals surface area (Å²) in [6.45, 7) is 1.77. The molecule has 1 N–H and O–H groups in total. The van der Waals surface area contributed by atoms with E-state index < -0.39 is 0 Å². The second kappa shape index (κ2) is 6.86. The maximum absolute atomic E-state index is 12.0. The molecule has 1 fully saturated rings. The summed E-state index contributed by atoms with van der Waals surface area (Å²) in [4.78, 5) is 28.1. The molecule has 24 heavy (non-hydrogen) atoms. The molecule has 6 heteroatoms. The molecule has 126 valence electrons. The van der Waals surface area contributed by atoms with Crippen LogP contribution in [0.1, 0.15) is 30.7 Å². The van der Waals surface area contributed by atoms with Crippen molar-refractivity contribution >= 4 is 11.7 Å². The molecular weight excluding hydrogens is 308 g/mol. The van der Waals surface area contributed by atoms with Crippen molar-refractivity contribution < 1.29 is 18.7 Å². The van der Waals surface area contributed by atoms with Crippen LogP contribution >= 0.6 is 0 Å². The van der Waals surface area contributed by atoms with Crippen molar-refractivity contribution in [2.45, 2.75) is 38.6 Å². The molecule has 0 bridgehead atoms. The molecule has 0 atom stereocenters. The van der Waals surface area contributed by atoms with E-state index in [0.29, 0.717) is 17.3 Å². The Balaban J connectivity index is 1.64. The second-order valence-corrected chi connectivity index (χ2v) is 5.98. The van der Waals surface area contributed by atoms with Crippen molar-refractivity contribution in [3.05, 3.63) is 35.7 Å². The lowest BCUT2D eigenvalue weighted by molar-refractivity contribution is -0.127. The molecule has 1 amide bonds. The zero-order valence-corrected chi connectivity index (χ0v) is 13.8. The van der Waals surface area contributed by atoms with E-state index in [1.54, 1.807) is 14.0 Å². The lowest BCUT2D eigenvalue weighted by Gasteiger charge is -2.01. The SMILES string of the molecule is COc1ccc(-c2nc(CC(=O)CC(=O)NC3CC3)c(C)o2)cc1. The Hall–Kier alpha value is -2.63. The van der Waals surface area contributed by atoms with E-state index in [1.807, 2.05) is 24.3 Å². The van der Waals surface area contributed by atoms with E-state index >= 15 is 0 Å². The number of rotatable bonds is 7. The third kappa shape index (κ3) is 4.01. The van der Waals surface area contributed by atoms with Gasteiger partial charge in [0, 0.05) is 11.6 Å². The number of carbonyl (C=O) groups is 2. The number of methoxy groups -OCH3 is 1. The average molecular weight is 328 g/mol. The molecule has 1 aromatic heterocycles. The minimum absolute atomic E-state index is 0.101. The van der Waals surface area contributed by atoms with Gasteiger partial charge in [-0.15, -0.1) is 0 Å². The van der Waals surface area contributed by atoms with Gasteiger partial charge in [0.15, 0.2) is 0 Å². The molecule has 1 heterocycles. The molecule has 1 aliphatic carbocycles. The van der Waals surface area contributed by atoms with Gasteiger partial charge in [-0.2, -0.15) is 0 Å². The normalized spacial score (nSPS) is 13.6. The summed E-state index contributed by atoms with van der Waals surface area (Å²) in [5, 5.41) is 2.81. The third-order valence-corrected chi connectivity index (χ3v) is 3.89. The number of oxazole rings is 1. The topological polar surface area (TPSA) is 81.4 Å². The van der Waals surface area contributed by atoms with Crippen LogP contribution in [0.15, 0.2) is 28.7 Å². The number of hydrogen-bond donors (Lipinski definition) is 1. The number of benzene rings is 1. The van der Waals surface area contributed by atoms with Gasteiger partial charge in [0.2, 0.25) is 11.8 Å². The highest BCUT2D eigenvalue weighted by molar-refractivity contribution is 5.99. The molecule has 6 nitrogen and oxygen atoms in total. The van der Waals surface area contributed by atoms with E-state index in [9.17, 15) is 9.59 Å². The van der Waals surface area contributed by atoms with Crippen molar-refractivity contribution in [3.63, 3.8) is 0 Å². The number of amides is 1. The quantitative estimate of drug-likeness (QED) is 0.790. The first-order chi connectivity index (χ1) is 11.5. The number of aryl methyl sites for hydroxylation is 1. The van der Waals surface area contributed by atoms with Gasteiger partial charge in [0.1, 0.15) is 17.3 Å². The van der Waals surface area contributed by atoms with Crippen molar-refractivity contribution in [3.8, 4) is 17.2 Å². The van der Waals surface area contributed by atoms with E-state index in [2.05, 4.69) is 10.3 Å². The maximum Gasteiger partial charge on any atom is 0.227 e. The molecule has 0 radical (unpaired) electrons. The van der Waals surface area contributed by atoms with Crippen LogP contribution in [0.2, 0.25) is 0 Å². The van der Waals surface area contributed by atoms with E-state index in [-0.39, 0.29) is 30.6 Å². The Kier molecular flexibility index (Phi) is 4.64. The summed E-state index contributed by atoms with van der Waals surface area (Å²) >= 11 is 0. The number of nitrogens with one attached hydrogen (secondary N) is 1. The highest BCUT2D eigenvalue weighted by atomic mass is 16.5. The van der Waals surface area contributed by atoms with Gasteiger partial charge < -0.3 is 14.5 Å². The summed E-state index contributed by atoms with van der Waals surface area (Å²) in [5.74, 6) is 1.43. The number of hydrogen-bond acceptors (Lipinski definition) is 5. The zero-order valence-electron chi connectivity index (χ0n) is 13.8. The Labute approximate surface area is 140 Å². The van der Waals surface area contributed by atoms with Gasteiger partial charge in [-0.25, -0.2) is 4.98 Å². The Morgan fingerprint density at radius 2 is 2.00 bits per heavy atom. The molecule has 1 aromatic carbocycles. The van der Waals surface area contributed by atoms with E-state index in [0.717, 1.165) is 24.2 Å². The predicted molar refractivity (Wildman–Crippen MR) is 87.7 cm³/mol. The highest BCUT2D eigenvalue weighted by Crippen LogP contribution is 2.24. The van der Waals surface area contributed by atoms with Crippen LogP contribution < -0.4 is 10.1 Å². The Morgan fingerprint density at radius 3 is 2.62 bits per heavy atom. The van der Waals surface area contributed by atoms with Crippen LogP contribution in [0.5, 0.6) is 5.75 Å². The second-order valence-electron chi connectivity index (χ2n) is 5.98. The van der Waals surface area contributed by atoms with Crippen LogP contribution in [-0.4, -0.2) is 29.8 Å². The fourth-order valence-corrected chi connectivity index (χ4v) is 2.38. The molecular formula is C18H20N2O4. The lowest BCUT2D eigenvalue weighted by Crippen LogP contribution is -2.28. The smallest absolute Gasteiger partial charge is 0.227 e. The van der Waals surface area contributed by atoms with Crippen LogP contribution in [-0.2, 0) is 16.0 Å². The standard InChI is InChI=1S/C18H20N2O4/c1-11-16(9-14(21)10-17(22)19-13-5-6-13)20-18(24-11)12-3-7-15(23-2)8-4-12/h3-4,7-8,13H,5-6,9-10H2,1-2H3,(H,19,22). The first-order valence-corrected chi connectivity index (χ1v) is 7.97. The summed E-state index contributed by atoms with van der Waals surface area (Å²) in [6.07, 6.45) is 2.01. The molecule has 0 unspecified atom stereocenters. The summed E-state index contributed by atoms with van der Waals surface area (Å²) in [6, 6.07) is 7.60. The van der Waals surface area contributed by atoms with Crippen LogP contribution in [0.25, 0.3) is 11.5 Å². The van der Waals surface area contributed by atoms with Crippen molar-refractivity contribution in [1.82, 2.24) is 10.3 Å². The van der Waals surface area contributed by atoms with Crippen LogP contribution in [0, 0.1) is 6.92 Å². The van der Waals surface area contributed by atoms with Gasteiger partial charge in [0.25, 0.3) is 0 Å². The van der Waals surface area contributed by atoms with Gasteiger partial charge in [0.05, 0.1) is 25.6 Å². The lowest BCUT2D eigenvalue weighted by atomic mass is 10.1. The minimum atomic E-state index is -0.209. The molecule has 0 saturated heterocycles. The number of Topliss-reactive ketones (excluding diaryl/α,β-unsaturated/α-hetero) is 1. The Bertz CT molecular complexity index is 745. The molecule has 2 aromatic rings. The van der Waals surface area contributed by atoms with Gasteiger partial charge in [-0.05, 0) is 44.0 Å². The number of ketones is 1. The molecule has 0 aliphatic heterocycles. The average Bonchev–Trinajstić information content (AvgIpc) is 3.29.